The molecule has 1 aliphatic heterocycles. The predicted molar refractivity (Wildman–Crippen MR) is 123 cm³/mol. The van der Waals surface area contributed by atoms with E-state index in [-0.39, 0.29) is 24.2 Å². The van der Waals surface area contributed by atoms with Gasteiger partial charge >= 0.3 is 23.9 Å². The Morgan fingerprint density at radius 3 is 1.77 bits per heavy atom. The molecule has 1 saturated heterocycles. The largest absolute Gasteiger partial charge is 0.458 e. The Hall–Kier alpha value is -4.46. The van der Waals surface area contributed by atoms with Crippen molar-refractivity contribution in [2.24, 2.45) is 0 Å². The van der Waals surface area contributed by atoms with Crippen LogP contribution >= 0.6 is 0 Å². The van der Waals surface area contributed by atoms with Crippen molar-refractivity contribution in [3.63, 3.8) is 0 Å². The monoisotopic (exact) mass is 474 g/mol. The molecule has 1 fully saturated rings. The van der Waals surface area contributed by atoms with Crippen molar-refractivity contribution in [2.45, 2.75) is 24.7 Å². The summed E-state index contributed by atoms with van der Waals surface area (Å²) in [5, 5.41) is 0. The lowest BCUT2D eigenvalue weighted by atomic mass is 10.1. The minimum absolute atomic E-state index is 0.0625. The summed E-state index contributed by atoms with van der Waals surface area (Å²) in [5.74, 6) is -2.74. The number of esters is 4. The number of carbonyl (C=O) groups is 4. The highest BCUT2D eigenvalue weighted by Gasteiger charge is 2.43. The number of hydrogen-bond acceptors (Lipinski definition) is 8. The fraction of sp³-hybridized carbons (Fsp3) is 0.185. The first kappa shape index (κ1) is 23.7. The molecule has 8 heteroatoms. The topological polar surface area (TPSA) is 105 Å². The summed E-state index contributed by atoms with van der Waals surface area (Å²) < 4.78 is 21.6. The van der Waals surface area contributed by atoms with Crippen molar-refractivity contribution in [1.29, 1.82) is 0 Å². The van der Waals surface area contributed by atoms with Crippen LogP contribution in [0.4, 0.5) is 0 Å². The first-order chi connectivity index (χ1) is 17.0. The molecule has 0 aromatic heterocycles. The fourth-order valence-corrected chi connectivity index (χ4v) is 3.49. The van der Waals surface area contributed by atoms with Gasteiger partial charge in [0.2, 0.25) is 6.10 Å². The lowest BCUT2D eigenvalue weighted by Crippen LogP contribution is -2.36. The van der Waals surface area contributed by atoms with Gasteiger partial charge in [-0.2, -0.15) is 0 Å². The molecular weight excluding hydrogens is 452 g/mol. The van der Waals surface area contributed by atoms with Crippen molar-refractivity contribution < 1.29 is 38.1 Å². The van der Waals surface area contributed by atoms with Gasteiger partial charge in [0.15, 0.2) is 6.10 Å². The number of ether oxygens (including phenoxy) is 4. The SMILES string of the molecule is O=C(OC[C@H](OC(=O)c1ccccc1)[C@@H]1C[C@H](OC(=O)c2ccccc2)C(=O)O1)c1ccccc1. The van der Waals surface area contributed by atoms with Gasteiger partial charge in [-0.05, 0) is 36.4 Å². The van der Waals surface area contributed by atoms with E-state index in [1.807, 2.05) is 0 Å². The Morgan fingerprint density at radius 2 is 1.23 bits per heavy atom. The molecule has 0 spiro atoms. The quantitative estimate of drug-likeness (QED) is 0.360. The van der Waals surface area contributed by atoms with Crippen molar-refractivity contribution in [3.05, 3.63) is 108 Å². The van der Waals surface area contributed by atoms with Crippen LogP contribution in [0.3, 0.4) is 0 Å². The lowest BCUT2D eigenvalue weighted by Gasteiger charge is -2.22. The Kier molecular flexibility index (Phi) is 7.52. The molecule has 0 amide bonds. The average Bonchev–Trinajstić information content (AvgIpc) is 3.27. The standard InChI is InChI=1S/C27H22O8/c28-24(18-10-4-1-5-11-18)32-17-23(35-26(30)20-14-8-3-9-15-20)21-16-22(27(31)33-21)34-25(29)19-12-6-2-7-13-19/h1-15,21-23H,16-17H2/t21-,22-,23-/m0/s1. The van der Waals surface area contributed by atoms with E-state index in [1.165, 1.54) is 0 Å². The molecule has 0 radical (unpaired) electrons. The summed E-state index contributed by atoms with van der Waals surface area (Å²) in [5.41, 5.74) is 0.884. The van der Waals surface area contributed by atoms with Gasteiger partial charge in [0, 0.05) is 6.42 Å². The molecule has 3 aromatic carbocycles. The smallest absolute Gasteiger partial charge is 0.348 e. The van der Waals surface area contributed by atoms with Crippen LogP contribution in [0.15, 0.2) is 91.0 Å². The van der Waals surface area contributed by atoms with Gasteiger partial charge < -0.3 is 18.9 Å². The van der Waals surface area contributed by atoms with Crippen LogP contribution in [-0.2, 0) is 23.7 Å². The van der Waals surface area contributed by atoms with Gasteiger partial charge in [0.25, 0.3) is 0 Å². The second kappa shape index (κ2) is 11.1. The first-order valence-corrected chi connectivity index (χ1v) is 11.0. The van der Waals surface area contributed by atoms with Crippen LogP contribution in [0.2, 0.25) is 0 Å². The van der Waals surface area contributed by atoms with E-state index in [4.69, 9.17) is 18.9 Å². The molecule has 1 aliphatic rings. The Labute approximate surface area is 201 Å². The molecule has 4 rings (SSSR count). The van der Waals surface area contributed by atoms with E-state index in [0.29, 0.717) is 5.56 Å². The summed E-state index contributed by atoms with van der Waals surface area (Å²) in [7, 11) is 0. The summed E-state index contributed by atoms with van der Waals surface area (Å²) in [6.07, 6.45) is -3.34. The van der Waals surface area contributed by atoms with Crippen LogP contribution in [0.25, 0.3) is 0 Å². The number of rotatable bonds is 8. The third kappa shape index (κ3) is 6.11. The third-order valence-electron chi connectivity index (χ3n) is 5.31. The number of benzene rings is 3. The average molecular weight is 474 g/mol. The maximum atomic E-state index is 12.7. The van der Waals surface area contributed by atoms with Crippen molar-refractivity contribution in [3.8, 4) is 0 Å². The lowest BCUT2D eigenvalue weighted by molar-refractivity contribution is -0.151. The highest BCUT2D eigenvalue weighted by Crippen LogP contribution is 2.25. The molecule has 0 unspecified atom stereocenters. The first-order valence-electron chi connectivity index (χ1n) is 11.0. The molecule has 3 atom stereocenters. The minimum Gasteiger partial charge on any atom is -0.458 e. The molecule has 1 heterocycles. The second-order valence-electron chi connectivity index (χ2n) is 7.75. The Bertz CT molecular complexity index is 1180. The third-order valence-corrected chi connectivity index (χ3v) is 5.31. The maximum absolute atomic E-state index is 12.7. The zero-order valence-corrected chi connectivity index (χ0v) is 18.6. The highest BCUT2D eigenvalue weighted by atomic mass is 16.6. The van der Waals surface area contributed by atoms with Gasteiger partial charge in [-0.15, -0.1) is 0 Å². The zero-order chi connectivity index (χ0) is 24.6. The number of hydrogen-bond donors (Lipinski definition) is 0. The molecular formula is C27H22O8. The van der Waals surface area contributed by atoms with E-state index in [9.17, 15) is 19.2 Å². The van der Waals surface area contributed by atoms with E-state index in [2.05, 4.69) is 0 Å². The number of cyclic esters (lactones) is 1. The molecule has 178 valence electrons. The van der Waals surface area contributed by atoms with Crippen LogP contribution < -0.4 is 0 Å². The summed E-state index contributed by atoms with van der Waals surface area (Å²) in [6.45, 7) is -0.358. The van der Waals surface area contributed by atoms with E-state index in [1.54, 1.807) is 91.0 Å². The molecule has 0 saturated carbocycles. The van der Waals surface area contributed by atoms with E-state index < -0.39 is 42.2 Å². The Morgan fingerprint density at radius 1 is 0.743 bits per heavy atom. The number of carbonyl (C=O) groups excluding carboxylic acids is 4. The van der Waals surface area contributed by atoms with Crippen LogP contribution in [0.5, 0.6) is 0 Å². The van der Waals surface area contributed by atoms with Crippen molar-refractivity contribution in [2.75, 3.05) is 6.61 Å². The molecule has 0 aliphatic carbocycles. The summed E-state index contributed by atoms with van der Waals surface area (Å²) in [6, 6.07) is 24.8. The van der Waals surface area contributed by atoms with Gasteiger partial charge in [0.05, 0.1) is 16.7 Å². The molecule has 8 nitrogen and oxygen atoms in total. The maximum Gasteiger partial charge on any atom is 0.348 e. The predicted octanol–water partition coefficient (Wildman–Crippen LogP) is 3.61. The van der Waals surface area contributed by atoms with E-state index >= 15 is 0 Å². The zero-order valence-electron chi connectivity index (χ0n) is 18.6. The van der Waals surface area contributed by atoms with Crippen LogP contribution in [0.1, 0.15) is 37.5 Å². The highest BCUT2D eigenvalue weighted by molar-refractivity contribution is 5.92. The molecule has 0 bridgehead atoms. The van der Waals surface area contributed by atoms with E-state index in [0.717, 1.165) is 0 Å². The van der Waals surface area contributed by atoms with Crippen molar-refractivity contribution >= 4 is 23.9 Å². The summed E-state index contributed by atoms with van der Waals surface area (Å²) >= 11 is 0. The van der Waals surface area contributed by atoms with Crippen LogP contribution in [0, 0.1) is 0 Å². The van der Waals surface area contributed by atoms with Gasteiger partial charge in [-0.3, -0.25) is 0 Å². The van der Waals surface area contributed by atoms with Gasteiger partial charge in [-0.1, -0.05) is 54.6 Å². The molecule has 3 aromatic rings. The van der Waals surface area contributed by atoms with Crippen LogP contribution in [-0.4, -0.2) is 48.8 Å². The minimum atomic E-state index is -1.18. The second-order valence-corrected chi connectivity index (χ2v) is 7.75. The molecule has 35 heavy (non-hydrogen) atoms. The summed E-state index contributed by atoms with van der Waals surface area (Å²) in [4.78, 5) is 49.9. The van der Waals surface area contributed by atoms with Crippen molar-refractivity contribution in [1.82, 2.24) is 0 Å². The fourth-order valence-electron chi connectivity index (χ4n) is 3.49. The van der Waals surface area contributed by atoms with Gasteiger partial charge in [0.1, 0.15) is 12.7 Å². The Balaban J connectivity index is 1.45. The molecule has 0 N–H and O–H groups in total. The van der Waals surface area contributed by atoms with Gasteiger partial charge in [-0.25, -0.2) is 19.2 Å². The normalized spacial score (nSPS) is 17.7.